The van der Waals surface area contributed by atoms with E-state index in [0.717, 1.165) is 30.2 Å². The second-order valence-corrected chi connectivity index (χ2v) is 6.05. The maximum atomic E-state index is 5.91. The molecule has 0 spiro atoms. The Hall–Kier alpha value is -2.61. The predicted octanol–water partition coefficient (Wildman–Crippen LogP) is 1.36. The van der Waals surface area contributed by atoms with Gasteiger partial charge in [-0.05, 0) is 13.0 Å². The van der Waals surface area contributed by atoms with Crippen molar-refractivity contribution in [2.24, 2.45) is 12.0 Å². The monoisotopic (exact) mass is 358 g/mol. The van der Waals surface area contributed by atoms with Crippen molar-refractivity contribution in [3.63, 3.8) is 0 Å². The van der Waals surface area contributed by atoms with E-state index in [4.69, 9.17) is 9.47 Å². The van der Waals surface area contributed by atoms with Crippen LogP contribution in [0.3, 0.4) is 0 Å². The number of hydrogen-bond acceptors (Lipinski definition) is 5. The number of hydrogen-bond donors (Lipinski definition) is 1. The normalized spacial score (nSPS) is 18.0. The van der Waals surface area contributed by atoms with Crippen LogP contribution in [0, 0.1) is 0 Å². The minimum Gasteiger partial charge on any atom is -0.478 e. The lowest BCUT2D eigenvalue weighted by atomic mass is 10.1. The van der Waals surface area contributed by atoms with E-state index in [9.17, 15) is 0 Å². The Balaban J connectivity index is 1.64. The molecule has 0 bridgehead atoms. The molecule has 2 aromatic rings. The second-order valence-electron chi connectivity index (χ2n) is 6.05. The fourth-order valence-corrected chi connectivity index (χ4v) is 2.98. The van der Waals surface area contributed by atoms with Crippen LogP contribution in [0.2, 0.25) is 0 Å². The van der Waals surface area contributed by atoms with E-state index in [1.54, 1.807) is 17.9 Å². The Labute approximate surface area is 153 Å². The molecule has 1 fully saturated rings. The molecule has 8 heteroatoms. The Morgan fingerprint density at radius 2 is 2.38 bits per heavy atom. The Kier molecular flexibility index (Phi) is 6.06. The molecule has 0 aliphatic carbocycles. The van der Waals surface area contributed by atoms with Gasteiger partial charge < -0.3 is 19.7 Å². The van der Waals surface area contributed by atoms with Gasteiger partial charge in [0, 0.05) is 50.7 Å². The van der Waals surface area contributed by atoms with Gasteiger partial charge in [0.15, 0.2) is 5.96 Å². The second kappa shape index (κ2) is 8.66. The summed E-state index contributed by atoms with van der Waals surface area (Å²) in [6.07, 6.45) is 5.58. The maximum Gasteiger partial charge on any atom is 0.218 e. The van der Waals surface area contributed by atoms with Gasteiger partial charge in [-0.1, -0.05) is 6.07 Å². The van der Waals surface area contributed by atoms with E-state index in [-0.39, 0.29) is 6.10 Å². The molecule has 8 nitrogen and oxygen atoms in total. The number of morpholine rings is 1. The fourth-order valence-electron chi connectivity index (χ4n) is 2.98. The zero-order valence-corrected chi connectivity index (χ0v) is 15.6. The molecule has 2 aromatic heterocycles. The number of nitrogens with zero attached hydrogens (tertiary/aromatic N) is 5. The first-order valence-corrected chi connectivity index (χ1v) is 8.83. The highest BCUT2D eigenvalue weighted by molar-refractivity contribution is 5.80. The average Bonchev–Trinajstić information content (AvgIpc) is 3.10. The minimum atomic E-state index is -0.00613. The number of nitrogens with one attached hydrogen (secondary N) is 1. The van der Waals surface area contributed by atoms with Crippen molar-refractivity contribution in [2.45, 2.75) is 19.6 Å². The minimum absolute atomic E-state index is 0.00613. The number of ether oxygens (including phenoxy) is 2. The zero-order chi connectivity index (χ0) is 18.4. The van der Waals surface area contributed by atoms with Crippen LogP contribution in [0.5, 0.6) is 5.88 Å². The van der Waals surface area contributed by atoms with E-state index in [1.165, 1.54) is 0 Å². The van der Waals surface area contributed by atoms with E-state index < -0.39 is 0 Å². The summed E-state index contributed by atoms with van der Waals surface area (Å²) in [5.74, 6) is 1.50. The maximum absolute atomic E-state index is 5.91. The molecule has 1 unspecified atom stereocenters. The molecule has 1 atom stereocenters. The standard InChI is InChI=1S/C18H26N6O2/c1-4-25-17-14(6-5-7-20-17)10-21-18(19-2)24-8-9-26-16(13-24)15-11-22-23(3)12-15/h5-7,11-12,16H,4,8-10,13H2,1-3H3,(H,19,21). The molecule has 0 radical (unpaired) electrons. The SMILES string of the molecule is CCOc1ncccc1CNC(=NC)N1CCOC(c2cnn(C)c2)C1. The molecule has 26 heavy (non-hydrogen) atoms. The summed E-state index contributed by atoms with van der Waals surface area (Å²) in [7, 11) is 3.71. The van der Waals surface area contributed by atoms with Crippen LogP contribution in [-0.2, 0) is 18.3 Å². The van der Waals surface area contributed by atoms with Crippen molar-refractivity contribution < 1.29 is 9.47 Å². The molecule has 3 rings (SSSR count). The van der Waals surface area contributed by atoms with Crippen molar-refractivity contribution in [3.05, 3.63) is 41.9 Å². The van der Waals surface area contributed by atoms with E-state index in [1.807, 2.05) is 38.5 Å². The Morgan fingerprint density at radius 1 is 1.50 bits per heavy atom. The number of aliphatic imine (C=N–C) groups is 1. The highest BCUT2D eigenvalue weighted by atomic mass is 16.5. The van der Waals surface area contributed by atoms with E-state index in [2.05, 4.69) is 25.3 Å². The first-order chi connectivity index (χ1) is 12.7. The Bertz CT molecular complexity index is 745. The lowest BCUT2D eigenvalue weighted by molar-refractivity contribution is -0.00805. The molecule has 1 saturated heterocycles. The quantitative estimate of drug-likeness (QED) is 0.642. The summed E-state index contributed by atoms with van der Waals surface area (Å²) in [5.41, 5.74) is 2.09. The third-order valence-corrected chi connectivity index (χ3v) is 4.24. The van der Waals surface area contributed by atoms with Crippen LogP contribution < -0.4 is 10.1 Å². The largest absolute Gasteiger partial charge is 0.478 e. The highest BCUT2D eigenvalue weighted by Crippen LogP contribution is 2.22. The molecule has 3 heterocycles. The number of pyridine rings is 1. The van der Waals surface area contributed by atoms with Gasteiger partial charge in [0.25, 0.3) is 0 Å². The third-order valence-electron chi connectivity index (χ3n) is 4.24. The zero-order valence-electron chi connectivity index (χ0n) is 15.6. The molecule has 1 aliphatic rings. The van der Waals surface area contributed by atoms with Crippen LogP contribution in [0.15, 0.2) is 35.7 Å². The number of aromatic nitrogens is 3. The van der Waals surface area contributed by atoms with E-state index in [0.29, 0.717) is 25.6 Å². The summed E-state index contributed by atoms with van der Waals surface area (Å²) < 4.78 is 13.3. The van der Waals surface area contributed by atoms with Gasteiger partial charge in [-0.2, -0.15) is 5.10 Å². The number of guanidine groups is 1. The smallest absolute Gasteiger partial charge is 0.218 e. The van der Waals surface area contributed by atoms with Crippen LogP contribution >= 0.6 is 0 Å². The van der Waals surface area contributed by atoms with Crippen LogP contribution in [0.4, 0.5) is 0 Å². The molecular formula is C18H26N6O2. The van der Waals surface area contributed by atoms with Gasteiger partial charge in [-0.3, -0.25) is 9.67 Å². The predicted molar refractivity (Wildman–Crippen MR) is 99.1 cm³/mol. The first kappa shape index (κ1) is 18.2. The molecular weight excluding hydrogens is 332 g/mol. The number of aryl methyl sites for hydroxylation is 1. The van der Waals surface area contributed by atoms with Crippen LogP contribution in [0.1, 0.15) is 24.2 Å². The van der Waals surface area contributed by atoms with Crippen molar-refractivity contribution in [1.29, 1.82) is 0 Å². The van der Waals surface area contributed by atoms with Gasteiger partial charge in [-0.15, -0.1) is 0 Å². The van der Waals surface area contributed by atoms with Gasteiger partial charge in [0.05, 0.1) is 26.0 Å². The van der Waals surface area contributed by atoms with Crippen molar-refractivity contribution >= 4 is 5.96 Å². The topological polar surface area (TPSA) is 76.8 Å². The fraction of sp³-hybridized carbons (Fsp3) is 0.500. The number of rotatable bonds is 5. The van der Waals surface area contributed by atoms with Crippen LogP contribution in [-0.4, -0.2) is 59.0 Å². The lowest BCUT2D eigenvalue weighted by Gasteiger charge is -2.34. The van der Waals surface area contributed by atoms with Crippen molar-refractivity contribution in [2.75, 3.05) is 33.4 Å². The van der Waals surface area contributed by atoms with Gasteiger partial charge in [0.2, 0.25) is 5.88 Å². The van der Waals surface area contributed by atoms with Gasteiger partial charge in [0.1, 0.15) is 6.10 Å². The van der Waals surface area contributed by atoms with Crippen molar-refractivity contribution in [3.8, 4) is 5.88 Å². The summed E-state index contributed by atoms with van der Waals surface area (Å²) in [5, 5.41) is 7.65. The van der Waals surface area contributed by atoms with Gasteiger partial charge in [-0.25, -0.2) is 4.98 Å². The summed E-state index contributed by atoms with van der Waals surface area (Å²) >= 11 is 0. The molecule has 140 valence electrons. The van der Waals surface area contributed by atoms with Gasteiger partial charge >= 0.3 is 0 Å². The molecule has 0 saturated carbocycles. The highest BCUT2D eigenvalue weighted by Gasteiger charge is 2.25. The van der Waals surface area contributed by atoms with E-state index >= 15 is 0 Å². The first-order valence-electron chi connectivity index (χ1n) is 8.83. The Morgan fingerprint density at radius 3 is 3.12 bits per heavy atom. The average molecular weight is 358 g/mol. The van der Waals surface area contributed by atoms with Crippen molar-refractivity contribution in [1.82, 2.24) is 25.0 Å². The molecule has 0 amide bonds. The lowest BCUT2D eigenvalue weighted by Crippen LogP contribution is -2.47. The molecule has 0 aromatic carbocycles. The summed E-state index contributed by atoms with van der Waals surface area (Å²) in [6.45, 7) is 5.33. The summed E-state index contributed by atoms with van der Waals surface area (Å²) in [4.78, 5) is 10.9. The van der Waals surface area contributed by atoms with Crippen LogP contribution in [0.25, 0.3) is 0 Å². The summed E-state index contributed by atoms with van der Waals surface area (Å²) in [6, 6.07) is 3.92. The molecule has 1 aliphatic heterocycles. The molecule has 1 N–H and O–H groups in total. The third kappa shape index (κ3) is 4.32.